The van der Waals surface area contributed by atoms with Gasteiger partial charge in [0.25, 0.3) is 0 Å². The highest BCUT2D eigenvalue weighted by Crippen LogP contribution is 2.42. The molecule has 1 aromatic heterocycles. The van der Waals surface area contributed by atoms with Crippen LogP contribution in [0, 0.1) is 0 Å². The maximum atomic E-state index is 13.0. The van der Waals surface area contributed by atoms with Gasteiger partial charge in [0.2, 0.25) is 0 Å². The monoisotopic (exact) mass is 560 g/mol. The van der Waals surface area contributed by atoms with Crippen LogP contribution < -0.4 is 14.4 Å². The maximum Gasteiger partial charge on any atom is 0.416 e. The molecular formula is C31H39F3N2O2S. The number of piperidine rings is 1. The number of halogens is 3. The summed E-state index contributed by atoms with van der Waals surface area (Å²) in [5.74, 6) is 2.58. The van der Waals surface area contributed by atoms with Crippen molar-refractivity contribution < 1.29 is 22.6 Å². The van der Waals surface area contributed by atoms with E-state index < -0.39 is 11.7 Å². The Morgan fingerprint density at radius 2 is 1.77 bits per heavy atom. The number of hydrogen-bond donors (Lipinski definition) is 0. The van der Waals surface area contributed by atoms with E-state index in [0.29, 0.717) is 12.1 Å². The molecule has 39 heavy (non-hydrogen) atoms. The topological polar surface area (TPSA) is 34.6 Å². The van der Waals surface area contributed by atoms with Crippen LogP contribution in [-0.4, -0.2) is 37.5 Å². The molecule has 2 heterocycles. The number of aromatic nitrogens is 1. The van der Waals surface area contributed by atoms with Crippen molar-refractivity contribution in [3.8, 4) is 11.5 Å². The Balaban J connectivity index is 1.31. The lowest BCUT2D eigenvalue weighted by molar-refractivity contribution is -0.137. The van der Waals surface area contributed by atoms with Gasteiger partial charge in [0, 0.05) is 40.8 Å². The minimum absolute atomic E-state index is 0.376. The van der Waals surface area contributed by atoms with Crippen molar-refractivity contribution in [3.05, 3.63) is 53.2 Å². The molecule has 8 heteroatoms. The summed E-state index contributed by atoms with van der Waals surface area (Å²) in [6, 6.07) is 7.83. The molecule has 0 radical (unpaired) electrons. The summed E-state index contributed by atoms with van der Waals surface area (Å²) in [6.45, 7) is 7.22. The highest BCUT2D eigenvalue weighted by atomic mass is 32.2. The first kappa shape index (κ1) is 29.4. The predicted molar refractivity (Wildman–Crippen MR) is 155 cm³/mol. The maximum absolute atomic E-state index is 13.0. The molecule has 4 rings (SSSR count). The number of aryl methyl sites for hydroxylation is 1. The van der Waals surface area contributed by atoms with Gasteiger partial charge in [0.05, 0.1) is 24.8 Å². The number of benzene rings is 2. The van der Waals surface area contributed by atoms with Gasteiger partial charge in [-0.3, -0.25) is 4.98 Å². The smallest absolute Gasteiger partial charge is 0.416 e. The number of ether oxygens (including phenoxy) is 2. The first-order chi connectivity index (χ1) is 18.9. The SMILES string of the molecule is CCc1cc(OCCCCCSc2ccnc3cc(C(F)(F)F)ccc23)c(OC)c(CC)c1N1CCCCC1. The molecule has 1 aliphatic heterocycles. The van der Waals surface area contributed by atoms with Gasteiger partial charge in [-0.1, -0.05) is 19.9 Å². The van der Waals surface area contributed by atoms with E-state index in [0.717, 1.165) is 84.9 Å². The minimum Gasteiger partial charge on any atom is -0.492 e. The first-order valence-electron chi connectivity index (χ1n) is 14.1. The fourth-order valence-electron chi connectivity index (χ4n) is 5.35. The quantitative estimate of drug-likeness (QED) is 0.163. The standard InChI is InChI=1S/C31H39F3N2O2S/c1-4-22-20-27(30(37-3)24(5-2)29(22)36-16-8-6-9-17-36)38-18-10-7-11-19-39-28-14-15-35-26-21-23(31(32,33)34)12-13-25(26)28/h12-15,20-21H,4-11,16-19H2,1-3H3. The van der Waals surface area contributed by atoms with E-state index in [1.165, 1.54) is 42.1 Å². The number of methoxy groups -OCH3 is 1. The van der Waals surface area contributed by atoms with Crippen LogP contribution in [0.5, 0.6) is 11.5 Å². The van der Waals surface area contributed by atoms with E-state index in [1.807, 2.05) is 6.07 Å². The Hall–Kier alpha value is -2.61. The van der Waals surface area contributed by atoms with Crippen molar-refractivity contribution in [1.29, 1.82) is 0 Å². The lowest BCUT2D eigenvalue weighted by Crippen LogP contribution is -2.31. The third-order valence-electron chi connectivity index (χ3n) is 7.34. The van der Waals surface area contributed by atoms with Crippen molar-refractivity contribution in [2.45, 2.75) is 76.3 Å². The fraction of sp³-hybridized carbons (Fsp3) is 0.516. The van der Waals surface area contributed by atoms with Gasteiger partial charge >= 0.3 is 6.18 Å². The second-order valence-corrected chi connectivity index (χ2v) is 11.1. The molecule has 1 saturated heterocycles. The number of rotatable bonds is 12. The van der Waals surface area contributed by atoms with Gasteiger partial charge in [-0.25, -0.2) is 0 Å². The van der Waals surface area contributed by atoms with Crippen LogP contribution in [0.4, 0.5) is 18.9 Å². The molecule has 0 amide bonds. The number of alkyl halides is 3. The largest absolute Gasteiger partial charge is 0.492 e. The molecule has 0 spiro atoms. The van der Waals surface area contributed by atoms with E-state index >= 15 is 0 Å². The number of pyridine rings is 1. The van der Waals surface area contributed by atoms with Crippen LogP contribution in [0.3, 0.4) is 0 Å². The van der Waals surface area contributed by atoms with E-state index in [9.17, 15) is 13.2 Å². The highest BCUT2D eigenvalue weighted by Gasteiger charge is 2.30. The normalized spacial score (nSPS) is 14.2. The van der Waals surface area contributed by atoms with Crippen LogP contribution in [0.2, 0.25) is 0 Å². The van der Waals surface area contributed by atoms with E-state index in [2.05, 4.69) is 29.8 Å². The van der Waals surface area contributed by atoms with Gasteiger partial charge < -0.3 is 14.4 Å². The zero-order valence-corrected chi connectivity index (χ0v) is 24.0. The molecule has 0 aliphatic carbocycles. The Morgan fingerprint density at radius 1 is 0.974 bits per heavy atom. The molecule has 212 valence electrons. The summed E-state index contributed by atoms with van der Waals surface area (Å²) in [5, 5.41) is 0.761. The Morgan fingerprint density at radius 3 is 2.46 bits per heavy atom. The fourth-order valence-corrected chi connectivity index (χ4v) is 6.40. The van der Waals surface area contributed by atoms with Gasteiger partial charge in [-0.15, -0.1) is 11.8 Å². The Labute approximate surface area is 234 Å². The number of unbranched alkanes of at least 4 members (excludes halogenated alkanes) is 2. The minimum atomic E-state index is -4.36. The van der Waals surface area contributed by atoms with Gasteiger partial charge in [0.1, 0.15) is 0 Å². The summed E-state index contributed by atoms with van der Waals surface area (Å²) in [4.78, 5) is 7.64. The zero-order chi connectivity index (χ0) is 27.8. The average molecular weight is 561 g/mol. The zero-order valence-electron chi connectivity index (χ0n) is 23.2. The van der Waals surface area contributed by atoms with Crippen molar-refractivity contribution in [2.75, 3.05) is 37.5 Å². The molecule has 3 aromatic rings. The van der Waals surface area contributed by atoms with Gasteiger partial charge in [0.15, 0.2) is 11.5 Å². The van der Waals surface area contributed by atoms with E-state index in [4.69, 9.17) is 9.47 Å². The lowest BCUT2D eigenvalue weighted by Gasteiger charge is -2.33. The summed E-state index contributed by atoms with van der Waals surface area (Å²) < 4.78 is 51.3. The third kappa shape index (κ3) is 7.13. The molecule has 0 saturated carbocycles. The number of hydrogen-bond acceptors (Lipinski definition) is 5. The molecule has 1 fully saturated rings. The Kier molecular flexibility index (Phi) is 10.3. The summed E-state index contributed by atoms with van der Waals surface area (Å²) in [5.41, 5.74) is 3.63. The summed E-state index contributed by atoms with van der Waals surface area (Å²) in [6.07, 6.45) is 5.77. The molecule has 4 nitrogen and oxygen atoms in total. The van der Waals surface area contributed by atoms with E-state index in [-0.39, 0.29) is 0 Å². The van der Waals surface area contributed by atoms with Crippen molar-refractivity contribution in [3.63, 3.8) is 0 Å². The average Bonchev–Trinajstić information content (AvgIpc) is 2.95. The van der Waals surface area contributed by atoms with Crippen molar-refractivity contribution in [2.24, 2.45) is 0 Å². The number of anilines is 1. The van der Waals surface area contributed by atoms with Crippen LogP contribution in [0.25, 0.3) is 10.9 Å². The molecular weight excluding hydrogens is 521 g/mol. The van der Waals surface area contributed by atoms with E-state index in [1.54, 1.807) is 25.1 Å². The summed E-state index contributed by atoms with van der Waals surface area (Å²) in [7, 11) is 1.73. The third-order valence-corrected chi connectivity index (χ3v) is 8.50. The summed E-state index contributed by atoms with van der Waals surface area (Å²) >= 11 is 1.66. The van der Waals surface area contributed by atoms with Gasteiger partial charge in [-0.2, -0.15) is 13.2 Å². The van der Waals surface area contributed by atoms with Crippen LogP contribution in [0.15, 0.2) is 41.4 Å². The lowest BCUT2D eigenvalue weighted by atomic mass is 9.98. The highest BCUT2D eigenvalue weighted by molar-refractivity contribution is 7.99. The van der Waals surface area contributed by atoms with Crippen molar-refractivity contribution >= 4 is 28.4 Å². The van der Waals surface area contributed by atoms with Crippen LogP contribution in [-0.2, 0) is 19.0 Å². The molecule has 0 bridgehead atoms. The molecule has 2 aromatic carbocycles. The molecule has 0 atom stereocenters. The number of nitrogens with zero attached hydrogens (tertiary/aromatic N) is 2. The molecule has 0 N–H and O–H groups in total. The number of fused-ring (bicyclic) bond motifs is 1. The number of thioether (sulfide) groups is 1. The first-order valence-corrected chi connectivity index (χ1v) is 15.0. The van der Waals surface area contributed by atoms with Gasteiger partial charge in [-0.05, 0) is 86.9 Å². The van der Waals surface area contributed by atoms with Crippen LogP contribution >= 0.6 is 11.8 Å². The predicted octanol–water partition coefficient (Wildman–Crippen LogP) is 8.72. The molecule has 1 aliphatic rings. The second-order valence-electron chi connectivity index (χ2n) is 9.95. The Bertz CT molecular complexity index is 1240. The van der Waals surface area contributed by atoms with Crippen molar-refractivity contribution in [1.82, 2.24) is 4.98 Å². The second kappa shape index (κ2) is 13.6. The molecule has 0 unspecified atom stereocenters. The van der Waals surface area contributed by atoms with Crippen LogP contribution in [0.1, 0.15) is 69.1 Å².